The summed E-state index contributed by atoms with van der Waals surface area (Å²) in [6.45, 7) is 9.74. The quantitative estimate of drug-likeness (QED) is 0.494. The first kappa shape index (κ1) is 22.7. The van der Waals surface area contributed by atoms with E-state index >= 15 is 0 Å². The molecule has 31 heavy (non-hydrogen) atoms. The van der Waals surface area contributed by atoms with Crippen molar-refractivity contribution in [2.75, 3.05) is 11.1 Å². The average Bonchev–Trinajstić information content (AvgIpc) is 2.70. The van der Waals surface area contributed by atoms with Gasteiger partial charge in [-0.05, 0) is 25.0 Å². The Labute approximate surface area is 184 Å². The van der Waals surface area contributed by atoms with Crippen molar-refractivity contribution in [2.45, 2.75) is 45.1 Å². The molecule has 2 aromatic heterocycles. The molecule has 2 heterocycles. The van der Waals surface area contributed by atoms with Gasteiger partial charge in [-0.25, -0.2) is 14.8 Å². The number of carbonyl (C=O) groups is 1. The third-order valence-corrected chi connectivity index (χ3v) is 6.00. The van der Waals surface area contributed by atoms with Crippen molar-refractivity contribution in [1.29, 1.82) is 0 Å². The molecular weight excluding hydrogens is 414 g/mol. The van der Waals surface area contributed by atoms with E-state index in [1.54, 1.807) is 7.05 Å². The molecule has 164 valence electrons. The van der Waals surface area contributed by atoms with Gasteiger partial charge in [0.15, 0.2) is 5.65 Å². The maximum absolute atomic E-state index is 12.9. The predicted molar refractivity (Wildman–Crippen MR) is 124 cm³/mol. The van der Waals surface area contributed by atoms with Crippen LogP contribution in [0.2, 0.25) is 0 Å². The van der Waals surface area contributed by atoms with E-state index in [0.29, 0.717) is 10.9 Å². The fraction of sp³-hybridized carbons (Fsp3) is 0.409. The Morgan fingerprint density at radius 1 is 1.06 bits per heavy atom. The number of carbonyl (C=O) groups excluding carboxylic acids is 1. The fourth-order valence-electron chi connectivity index (χ4n) is 3.19. The molecule has 0 fully saturated rings. The van der Waals surface area contributed by atoms with Crippen molar-refractivity contribution in [3.8, 4) is 0 Å². The van der Waals surface area contributed by atoms with E-state index in [0.717, 1.165) is 33.1 Å². The maximum Gasteiger partial charge on any atom is 0.332 e. The summed E-state index contributed by atoms with van der Waals surface area (Å²) in [7, 11) is 3.00. The molecule has 0 aliphatic rings. The smallest absolute Gasteiger partial charge is 0.325 e. The van der Waals surface area contributed by atoms with E-state index in [2.05, 4.69) is 15.3 Å². The van der Waals surface area contributed by atoms with Crippen LogP contribution in [0.1, 0.15) is 37.7 Å². The Morgan fingerprint density at radius 3 is 2.26 bits per heavy atom. The zero-order chi connectivity index (χ0) is 23.1. The summed E-state index contributed by atoms with van der Waals surface area (Å²) in [6, 6.07) is 5.82. The SMILES string of the molecule is Cc1cccc(C)c1NC(=O)CSc1nc(C(C)(C)C)nc2c1c(=O)n(C)c(=O)n2C. The molecule has 1 N–H and O–H groups in total. The molecule has 9 heteroatoms. The molecular formula is C22H27N5O3S. The Balaban J connectivity index is 2.04. The second-order valence-corrected chi connectivity index (χ2v) is 9.57. The lowest BCUT2D eigenvalue weighted by Gasteiger charge is -2.19. The first-order valence-electron chi connectivity index (χ1n) is 9.89. The molecule has 0 radical (unpaired) electrons. The summed E-state index contributed by atoms with van der Waals surface area (Å²) in [4.78, 5) is 47.0. The van der Waals surface area contributed by atoms with Crippen molar-refractivity contribution in [3.05, 3.63) is 56.0 Å². The summed E-state index contributed by atoms with van der Waals surface area (Å²) in [6.07, 6.45) is 0. The zero-order valence-electron chi connectivity index (χ0n) is 18.9. The van der Waals surface area contributed by atoms with Gasteiger partial charge in [-0.2, -0.15) is 0 Å². The van der Waals surface area contributed by atoms with E-state index < -0.39 is 16.7 Å². The Morgan fingerprint density at radius 2 is 1.68 bits per heavy atom. The van der Waals surface area contributed by atoms with Gasteiger partial charge in [0.1, 0.15) is 16.2 Å². The van der Waals surface area contributed by atoms with Crippen LogP contribution in [0.3, 0.4) is 0 Å². The molecule has 0 saturated carbocycles. The van der Waals surface area contributed by atoms with Gasteiger partial charge in [0.2, 0.25) is 5.91 Å². The minimum Gasteiger partial charge on any atom is -0.325 e. The van der Waals surface area contributed by atoms with Gasteiger partial charge in [-0.3, -0.25) is 18.7 Å². The first-order valence-corrected chi connectivity index (χ1v) is 10.9. The van der Waals surface area contributed by atoms with Crippen molar-refractivity contribution in [3.63, 3.8) is 0 Å². The van der Waals surface area contributed by atoms with Crippen LogP contribution in [0.15, 0.2) is 32.8 Å². The molecule has 0 atom stereocenters. The number of hydrogen-bond donors (Lipinski definition) is 1. The topological polar surface area (TPSA) is 98.9 Å². The third-order valence-electron chi connectivity index (χ3n) is 5.02. The zero-order valence-corrected chi connectivity index (χ0v) is 19.7. The van der Waals surface area contributed by atoms with Gasteiger partial charge < -0.3 is 5.32 Å². The summed E-state index contributed by atoms with van der Waals surface area (Å²) >= 11 is 1.16. The maximum atomic E-state index is 12.9. The molecule has 0 aliphatic carbocycles. The van der Waals surface area contributed by atoms with Gasteiger partial charge in [0.25, 0.3) is 5.56 Å². The fourth-order valence-corrected chi connectivity index (χ4v) is 4.00. The number of hydrogen-bond acceptors (Lipinski definition) is 6. The van der Waals surface area contributed by atoms with Crippen LogP contribution >= 0.6 is 11.8 Å². The number of fused-ring (bicyclic) bond motifs is 1. The number of thioether (sulfide) groups is 1. The minimum atomic E-state index is -0.476. The van der Waals surface area contributed by atoms with Crippen molar-refractivity contribution in [2.24, 2.45) is 14.1 Å². The Kier molecular flexibility index (Phi) is 6.09. The number of nitrogens with one attached hydrogen (secondary N) is 1. The predicted octanol–water partition coefficient (Wildman–Crippen LogP) is 2.67. The highest BCUT2D eigenvalue weighted by Gasteiger charge is 2.24. The average molecular weight is 442 g/mol. The number of para-hydroxylation sites is 1. The first-order chi connectivity index (χ1) is 14.4. The summed E-state index contributed by atoms with van der Waals surface area (Å²) in [5.41, 5.74) is 1.67. The van der Waals surface area contributed by atoms with Crippen LogP contribution in [0.25, 0.3) is 11.0 Å². The molecule has 3 aromatic rings. The number of aromatic nitrogens is 4. The molecule has 0 saturated heterocycles. The second-order valence-electron chi connectivity index (χ2n) is 8.61. The monoisotopic (exact) mass is 441 g/mol. The Bertz CT molecular complexity index is 1280. The number of benzene rings is 1. The lowest BCUT2D eigenvalue weighted by atomic mass is 9.96. The number of aryl methyl sites for hydroxylation is 3. The number of amides is 1. The van der Waals surface area contributed by atoms with Crippen LogP contribution in [-0.4, -0.2) is 30.8 Å². The second kappa shape index (κ2) is 8.30. The summed E-state index contributed by atoms with van der Waals surface area (Å²) in [5.74, 6) is 0.365. The van der Waals surface area contributed by atoms with Crippen LogP contribution in [-0.2, 0) is 24.3 Å². The Hall–Kier alpha value is -2.94. The highest BCUT2D eigenvalue weighted by molar-refractivity contribution is 8.00. The van der Waals surface area contributed by atoms with Crippen LogP contribution in [0, 0.1) is 13.8 Å². The van der Waals surface area contributed by atoms with E-state index in [-0.39, 0.29) is 22.7 Å². The largest absolute Gasteiger partial charge is 0.332 e. The lowest BCUT2D eigenvalue weighted by Crippen LogP contribution is -2.38. The molecule has 0 aliphatic heterocycles. The van der Waals surface area contributed by atoms with E-state index in [4.69, 9.17) is 0 Å². The number of rotatable bonds is 4. The highest BCUT2D eigenvalue weighted by Crippen LogP contribution is 2.27. The molecule has 8 nitrogen and oxygen atoms in total. The molecule has 0 spiro atoms. The van der Waals surface area contributed by atoms with Gasteiger partial charge in [0.05, 0.1) is 5.75 Å². The van der Waals surface area contributed by atoms with E-state index in [1.807, 2.05) is 52.8 Å². The van der Waals surface area contributed by atoms with Gasteiger partial charge in [0, 0.05) is 25.2 Å². The van der Waals surface area contributed by atoms with Crippen molar-refractivity contribution >= 4 is 34.4 Å². The van der Waals surface area contributed by atoms with Gasteiger partial charge in [-0.15, -0.1) is 0 Å². The standard InChI is InChI=1S/C22H27N5O3S/c1-12-9-8-10-13(2)16(12)23-14(28)11-31-18-15-17(24-20(25-18)22(3,4)5)26(6)21(30)27(7)19(15)29/h8-10H,11H2,1-7H3,(H,23,28). The number of nitrogens with zero attached hydrogens (tertiary/aromatic N) is 4. The van der Waals surface area contributed by atoms with Crippen molar-refractivity contribution < 1.29 is 4.79 Å². The third kappa shape index (κ3) is 4.41. The van der Waals surface area contributed by atoms with Gasteiger partial charge >= 0.3 is 5.69 Å². The van der Waals surface area contributed by atoms with Crippen LogP contribution in [0.4, 0.5) is 5.69 Å². The van der Waals surface area contributed by atoms with E-state index in [1.165, 1.54) is 11.6 Å². The van der Waals surface area contributed by atoms with Gasteiger partial charge in [-0.1, -0.05) is 50.7 Å². The van der Waals surface area contributed by atoms with E-state index in [9.17, 15) is 14.4 Å². The lowest BCUT2D eigenvalue weighted by molar-refractivity contribution is -0.113. The summed E-state index contributed by atoms with van der Waals surface area (Å²) < 4.78 is 2.37. The normalized spacial score (nSPS) is 11.7. The molecule has 1 amide bonds. The minimum absolute atomic E-state index is 0.0649. The highest BCUT2D eigenvalue weighted by atomic mass is 32.2. The van der Waals surface area contributed by atoms with Crippen molar-refractivity contribution in [1.82, 2.24) is 19.1 Å². The van der Waals surface area contributed by atoms with Crippen LogP contribution in [0.5, 0.6) is 0 Å². The molecule has 0 unspecified atom stereocenters. The molecule has 0 bridgehead atoms. The van der Waals surface area contributed by atoms with Crippen LogP contribution < -0.4 is 16.6 Å². The molecule has 3 rings (SSSR count). The summed E-state index contributed by atoms with van der Waals surface area (Å²) in [5, 5.41) is 3.58. The molecule has 1 aromatic carbocycles. The number of anilines is 1.